The summed E-state index contributed by atoms with van der Waals surface area (Å²) >= 11 is 0. The zero-order valence-corrected chi connectivity index (χ0v) is 22.3. The predicted molar refractivity (Wildman–Crippen MR) is 144 cm³/mol. The fraction of sp³-hybridized carbons (Fsp3) is 0.483. The SMILES string of the molecule is CN(C)C(=O)N(CCOc1ccc(C#N)cc1)CCN1CC2CN(CCc3ccc(C#N)cc3)CC(C1)O2. The van der Waals surface area contributed by atoms with Crippen molar-refractivity contribution in [3.8, 4) is 17.9 Å². The molecule has 0 aliphatic carbocycles. The van der Waals surface area contributed by atoms with Crippen LogP contribution in [0.1, 0.15) is 16.7 Å². The predicted octanol–water partition coefficient (Wildman–Crippen LogP) is 2.42. The van der Waals surface area contributed by atoms with Crippen LogP contribution in [0, 0.1) is 22.7 Å². The van der Waals surface area contributed by atoms with Gasteiger partial charge in [-0.15, -0.1) is 0 Å². The Bertz CT molecular complexity index is 1120. The number of nitriles is 2. The number of amides is 2. The van der Waals surface area contributed by atoms with Crippen LogP contribution < -0.4 is 4.74 Å². The Morgan fingerprint density at radius 3 is 2.00 bits per heavy atom. The van der Waals surface area contributed by atoms with Crippen LogP contribution in [-0.4, -0.2) is 111 Å². The van der Waals surface area contributed by atoms with Gasteiger partial charge in [-0.05, 0) is 48.4 Å². The maximum absolute atomic E-state index is 12.8. The standard InChI is InChI=1S/C29H36N6O3/c1-32(2)29(36)35(15-16-37-26-9-7-25(18-31)8-10-26)14-13-34-21-27-19-33(20-28(22-34)38-27)12-11-23-3-5-24(17-30)6-4-23/h3-10,27-28H,11-16,19-22H2,1-2H3. The Kier molecular flexibility index (Phi) is 9.56. The molecule has 2 atom stereocenters. The fourth-order valence-electron chi connectivity index (χ4n) is 5.01. The van der Waals surface area contributed by atoms with Crippen LogP contribution in [-0.2, 0) is 11.2 Å². The van der Waals surface area contributed by atoms with E-state index in [-0.39, 0.29) is 18.2 Å². The molecule has 9 heteroatoms. The minimum atomic E-state index is -0.0316. The average Bonchev–Trinajstić information content (AvgIpc) is 2.93. The molecule has 2 amide bonds. The van der Waals surface area contributed by atoms with E-state index in [1.165, 1.54) is 5.56 Å². The Labute approximate surface area is 225 Å². The number of hydrogen-bond donors (Lipinski definition) is 0. The van der Waals surface area contributed by atoms with E-state index in [0.717, 1.165) is 45.7 Å². The van der Waals surface area contributed by atoms with E-state index in [2.05, 4.69) is 21.9 Å². The van der Waals surface area contributed by atoms with Crippen LogP contribution in [0.2, 0.25) is 0 Å². The number of rotatable bonds is 10. The summed E-state index contributed by atoms with van der Waals surface area (Å²) in [5.74, 6) is 0.686. The van der Waals surface area contributed by atoms with Crippen molar-refractivity contribution in [2.75, 3.05) is 73.1 Å². The molecule has 2 bridgehead atoms. The maximum Gasteiger partial charge on any atom is 0.319 e. The highest BCUT2D eigenvalue weighted by molar-refractivity contribution is 5.73. The number of carbonyl (C=O) groups excluding carboxylic acids is 1. The highest BCUT2D eigenvalue weighted by Crippen LogP contribution is 2.20. The van der Waals surface area contributed by atoms with Crippen LogP contribution in [0.3, 0.4) is 0 Å². The third-order valence-electron chi connectivity index (χ3n) is 6.98. The summed E-state index contributed by atoms with van der Waals surface area (Å²) < 4.78 is 12.1. The van der Waals surface area contributed by atoms with Crippen molar-refractivity contribution >= 4 is 6.03 Å². The van der Waals surface area contributed by atoms with Crippen LogP contribution in [0.4, 0.5) is 4.79 Å². The third kappa shape index (κ3) is 7.69. The monoisotopic (exact) mass is 516 g/mol. The first kappa shape index (κ1) is 27.4. The summed E-state index contributed by atoms with van der Waals surface area (Å²) in [5, 5.41) is 17.9. The number of nitrogens with zero attached hydrogens (tertiary/aromatic N) is 6. The van der Waals surface area contributed by atoms with Crippen LogP contribution in [0.25, 0.3) is 0 Å². The van der Waals surface area contributed by atoms with Gasteiger partial charge in [0, 0.05) is 59.9 Å². The second-order valence-corrected chi connectivity index (χ2v) is 10.1. The Balaban J connectivity index is 1.22. The molecule has 0 saturated carbocycles. The lowest BCUT2D eigenvalue weighted by Crippen LogP contribution is -2.60. The van der Waals surface area contributed by atoms with Crippen LogP contribution in [0.5, 0.6) is 5.75 Å². The topological polar surface area (TPSA) is 96.1 Å². The number of ether oxygens (including phenoxy) is 2. The third-order valence-corrected chi connectivity index (χ3v) is 6.98. The summed E-state index contributed by atoms with van der Waals surface area (Å²) in [6, 6.07) is 19.1. The van der Waals surface area contributed by atoms with E-state index < -0.39 is 0 Å². The number of carbonyl (C=O) groups is 1. The van der Waals surface area contributed by atoms with Gasteiger partial charge in [-0.3, -0.25) is 9.80 Å². The molecular weight excluding hydrogens is 480 g/mol. The lowest BCUT2D eigenvalue weighted by atomic mass is 10.1. The number of hydrogen-bond acceptors (Lipinski definition) is 7. The van der Waals surface area contributed by atoms with E-state index in [0.29, 0.717) is 36.6 Å². The molecule has 2 aliphatic rings. The van der Waals surface area contributed by atoms with Crippen molar-refractivity contribution in [1.29, 1.82) is 10.5 Å². The van der Waals surface area contributed by atoms with Crippen LogP contribution in [0.15, 0.2) is 48.5 Å². The molecule has 2 saturated heterocycles. The highest BCUT2D eigenvalue weighted by Gasteiger charge is 2.34. The molecule has 2 aromatic rings. The van der Waals surface area contributed by atoms with Gasteiger partial charge in [0.25, 0.3) is 0 Å². The van der Waals surface area contributed by atoms with Gasteiger partial charge in [-0.1, -0.05) is 12.1 Å². The molecule has 2 aliphatic heterocycles. The highest BCUT2D eigenvalue weighted by atomic mass is 16.5. The van der Waals surface area contributed by atoms with Crippen molar-refractivity contribution in [2.24, 2.45) is 0 Å². The summed E-state index contributed by atoms with van der Waals surface area (Å²) in [4.78, 5) is 21.1. The van der Waals surface area contributed by atoms with Gasteiger partial charge >= 0.3 is 6.03 Å². The van der Waals surface area contributed by atoms with Gasteiger partial charge in [0.15, 0.2) is 0 Å². The maximum atomic E-state index is 12.8. The second kappa shape index (κ2) is 13.3. The zero-order valence-electron chi connectivity index (χ0n) is 22.3. The van der Waals surface area contributed by atoms with E-state index >= 15 is 0 Å². The first-order valence-corrected chi connectivity index (χ1v) is 13.1. The molecular formula is C29H36N6O3. The van der Waals surface area contributed by atoms with E-state index in [1.807, 2.05) is 29.2 Å². The van der Waals surface area contributed by atoms with Gasteiger partial charge in [-0.25, -0.2) is 4.79 Å². The molecule has 2 aromatic carbocycles. The molecule has 2 fully saturated rings. The largest absolute Gasteiger partial charge is 0.492 e. The number of fused-ring (bicyclic) bond motifs is 2. The van der Waals surface area contributed by atoms with Crippen molar-refractivity contribution in [1.82, 2.24) is 19.6 Å². The van der Waals surface area contributed by atoms with E-state index in [4.69, 9.17) is 20.0 Å². The van der Waals surface area contributed by atoms with E-state index in [1.54, 1.807) is 43.3 Å². The summed E-state index contributed by atoms with van der Waals surface area (Å²) in [7, 11) is 3.53. The molecule has 0 aromatic heterocycles. The minimum absolute atomic E-state index is 0.0316. The minimum Gasteiger partial charge on any atom is -0.492 e. The van der Waals surface area contributed by atoms with Crippen molar-refractivity contribution in [2.45, 2.75) is 18.6 Å². The van der Waals surface area contributed by atoms with Gasteiger partial charge in [0.2, 0.25) is 0 Å². The summed E-state index contributed by atoms with van der Waals surface area (Å²) in [5.41, 5.74) is 2.53. The summed E-state index contributed by atoms with van der Waals surface area (Å²) in [6.45, 7) is 6.78. The smallest absolute Gasteiger partial charge is 0.319 e. The van der Waals surface area contributed by atoms with Gasteiger partial charge in [0.1, 0.15) is 12.4 Å². The van der Waals surface area contributed by atoms with Crippen molar-refractivity contribution in [3.05, 3.63) is 65.2 Å². The number of benzene rings is 2. The Hall–Kier alpha value is -3.63. The molecule has 9 nitrogen and oxygen atoms in total. The Morgan fingerprint density at radius 1 is 0.895 bits per heavy atom. The lowest BCUT2D eigenvalue weighted by Gasteiger charge is -2.46. The number of urea groups is 1. The normalized spacial score (nSPS) is 19.3. The van der Waals surface area contributed by atoms with Gasteiger partial charge < -0.3 is 19.3 Å². The molecule has 0 spiro atoms. The number of morpholine rings is 2. The quantitative estimate of drug-likeness (QED) is 0.479. The van der Waals surface area contributed by atoms with Gasteiger partial charge in [-0.2, -0.15) is 10.5 Å². The molecule has 200 valence electrons. The zero-order chi connectivity index (χ0) is 26.9. The molecule has 0 radical (unpaired) electrons. The van der Waals surface area contributed by atoms with Gasteiger partial charge in [0.05, 0.1) is 42.0 Å². The fourth-order valence-corrected chi connectivity index (χ4v) is 5.01. The first-order valence-electron chi connectivity index (χ1n) is 13.1. The lowest BCUT2D eigenvalue weighted by molar-refractivity contribution is -0.138. The van der Waals surface area contributed by atoms with E-state index in [9.17, 15) is 4.79 Å². The molecule has 2 heterocycles. The second-order valence-electron chi connectivity index (χ2n) is 10.1. The average molecular weight is 517 g/mol. The first-order chi connectivity index (χ1) is 18.4. The molecule has 2 unspecified atom stereocenters. The van der Waals surface area contributed by atoms with Crippen LogP contribution >= 0.6 is 0 Å². The molecule has 38 heavy (non-hydrogen) atoms. The van der Waals surface area contributed by atoms with Crippen molar-refractivity contribution < 1.29 is 14.3 Å². The van der Waals surface area contributed by atoms with Crippen molar-refractivity contribution in [3.63, 3.8) is 0 Å². The molecule has 4 rings (SSSR count). The molecule has 0 N–H and O–H groups in total. The Morgan fingerprint density at radius 2 is 1.45 bits per heavy atom. The summed E-state index contributed by atoms with van der Waals surface area (Å²) in [6.07, 6.45) is 1.29.